The molecule has 0 spiro atoms. The van der Waals surface area contributed by atoms with Crippen LogP contribution in [0.4, 0.5) is 0 Å². The van der Waals surface area contributed by atoms with E-state index >= 15 is 0 Å². The first-order chi connectivity index (χ1) is 10.6. The van der Waals surface area contributed by atoms with Gasteiger partial charge >= 0.3 is 11.9 Å². The van der Waals surface area contributed by atoms with Gasteiger partial charge < -0.3 is 20.9 Å². The quantitative estimate of drug-likeness (QED) is 0.672. The van der Waals surface area contributed by atoms with Gasteiger partial charge in [-0.15, -0.1) is 0 Å². The normalized spacial score (nSPS) is 13.7. The van der Waals surface area contributed by atoms with E-state index in [0.717, 1.165) is 0 Å². The second-order valence-corrected chi connectivity index (χ2v) is 6.09. The van der Waals surface area contributed by atoms with E-state index in [1.807, 2.05) is 0 Å². The van der Waals surface area contributed by atoms with Gasteiger partial charge in [-0.25, -0.2) is 4.79 Å². The number of esters is 1. The Kier molecular flexibility index (Phi) is 6.27. The second-order valence-electron chi connectivity index (χ2n) is 6.09. The predicted octanol–water partition coefficient (Wildman–Crippen LogP) is 0.988. The maximum absolute atomic E-state index is 12.3. The third-order valence-electron chi connectivity index (χ3n) is 2.79. The van der Waals surface area contributed by atoms with Crippen LogP contribution in [0.15, 0.2) is 30.3 Å². The molecule has 4 N–H and O–H groups in total. The Hall–Kier alpha value is -2.41. The Morgan fingerprint density at radius 2 is 1.78 bits per heavy atom. The van der Waals surface area contributed by atoms with Crippen LogP contribution in [-0.2, 0) is 19.1 Å². The fraction of sp³-hybridized carbons (Fsp3) is 0.438. The standard InChI is InChI=1S/C16H22N2O5/c1-16(2,3)23-15(22)13(10-7-5-4-6-8-10)18-14(21)11(17)9-12(19)20/h4-8,11,13H,9,17H2,1-3H3,(H,18,21)(H,19,20)/t11-,13?/m0/s1. The summed E-state index contributed by atoms with van der Waals surface area (Å²) >= 11 is 0. The van der Waals surface area contributed by atoms with E-state index in [9.17, 15) is 14.4 Å². The van der Waals surface area contributed by atoms with Gasteiger partial charge in [0.15, 0.2) is 6.04 Å². The van der Waals surface area contributed by atoms with E-state index in [0.29, 0.717) is 5.56 Å². The first-order valence-corrected chi connectivity index (χ1v) is 7.15. The Morgan fingerprint density at radius 3 is 2.26 bits per heavy atom. The third-order valence-corrected chi connectivity index (χ3v) is 2.79. The number of hydrogen-bond acceptors (Lipinski definition) is 5. The van der Waals surface area contributed by atoms with Crippen molar-refractivity contribution < 1.29 is 24.2 Å². The summed E-state index contributed by atoms with van der Waals surface area (Å²) in [6, 6.07) is 6.23. The van der Waals surface area contributed by atoms with Crippen molar-refractivity contribution in [3.05, 3.63) is 35.9 Å². The van der Waals surface area contributed by atoms with Crippen molar-refractivity contribution in [3.63, 3.8) is 0 Å². The van der Waals surface area contributed by atoms with Crippen LogP contribution in [0, 0.1) is 0 Å². The highest BCUT2D eigenvalue weighted by atomic mass is 16.6. The molecule has 0 fully saturated rings. The van der Waals surface area contributed by atoms with E-state index < -0.39 is 42.0 Å². The van der Waals surface area contributed by atoms with Crippen molar-refractivity contribution in [2.75, 3.05) is 0 Å². The lowest BCUT2D eigenvalue weighted by Crippen LogP contribution is -2.46. The number of carbonyl (C=O) groups is 3. The molecule has 0 saturated carbocycles. The topological polar surface area (TPSA) is 119 Å². The number of carboxylic acids is 1. The van der Waals surface area contributed by atoms with Crippen LogP contribution >= 0.6 is 0 Å². The average Bonchev–Trinajstić information content (AvgIpc) is 2.42. The molecule has 0 aliphatic carbocycles. The number of aliphatic carboxylic acids is 1. The summed E-state index contributed by atoms with van der Waals surface area (Å²) < 4.78 is 5.31. The highest BCUT2D eigenvalue weighted by Gasteiger charge is 2.30. The molecule has 1 aromatic carbocycles. The molecule has 0 aromatic heterocycles. The van der Waals surface area contributed by atoms with Gasteiger partial charge in [0, 0.05) is 0 Å². The Labute approximate surface area is 134 Å². The van der Waals surface area contributed by atoms with Crippen LogP contribution in [0.25, 0.3) is 0 Å². The highest BCUT2D eigenvalue weighted by molar-refractivity contribution is 5.90. The number of ether oxygens (including phenoxy) is 1. The molecular formula is C16H22N2O5. The molecular weight excluding hydrogens is 300 g/mol. The lowest BCUT2D eigenvalue weighted by molar-refractivity contribution is -0.159. The third kappa shape index (κ3) is 6.48. The summed E-state index contributed by atoms with van der Waals surface area (Å²) in [6.07, 6.45) is -0.526. The Bertz CT molecular complexity index is 566. The molecule has 1 aromatic rings. The van der Waals surface area contributed by atoms with Gasteiger partial charge in [0.1, 0.15) is 5.60 Å². The summed E-state index contributed by atoms with van der Waals surface area (Å²) in [5.41, 5.74) is 5.33. The molecule has 0 radical (unpaired) electrons. The fourth-order valence-corrected chi connectivity index (χ4v) is 1.81. The fourth-order valence-electron chi connectivity index (χ4n) is 1.81. The van der Waals surface area contributed by atoms with Gasteiger partial charge in [0.05, 0.1) is 12.5 Å². The van der Waals surface area contributed by atoms with E-state index in [4.69, 9.17) is 15.6 Å². The van der Waals surface area contributed by atoms with Crippen molar-refractivity contribution in [1.29, 1.82) is 0 Å². The zero-order valence-corrected chi connectivity index (χ0v) is 13.4. The number of hydrogen-bond donors (Lipinski definition) is 3. The van der Waals surface area contributed by atoms with Crippen LogP contribution in [0.2, 0.25) is 0 Å². The molecule has 1 amide bonds. The molecule has 0 saturated heterocycles. The minimum absolute atomic E-state index is 0.526. The monoisotopic (exact) mass is 322 g/mol. The summed E-state index contributed by atoms with van der Waals surface area (Å²) in [7, 11) is 0. The maximum atomic E-state index is 12.3. The van der Waals surface area contributed by atoms with Crippen LogP contribution < -0.4 is 11.1 Å². The van der Waals surface area contributed by atoms with Crippen molar-refractivity contribution in [2.45, 2.75) is 44.9 Å². The molecule has 0 heterocycles. The molecule has 1 unspecified atom stereocenters. The smallest absolute Gasteiger partial charge is 0.333 e. The number of nitrogens with one attached hydrogen (secondary N) is 1. The molecule has 2 atom stereocenters. The molecule has 7 heteroatoms. The van der Waals surface area contributed by atoms with Gasteiger partial charge in [-0.3, -0.25) is 9.59 Å². The minimum atomic E-state index is -1.25. The van der Waals surface area contributed by atoms with Gasteiger partial charge in [-0.2, -0.15) is 0 Å². The average molecular weight is 322 g/mol. The van der Waals surface area contributed by atoms with E-state index in [2.05, 4.69) is 5.32 Å². The zero-order valence-electron chi connectivity index (χ0n) is 13.4. The zero-order chi connectivity index (χ0) is 17.6. The van der Waals surface area contributed by atoms with Gasteiger partial charge in [-0.1, -0.05) is 30.3 Å². The first-order valence-electron chi connectivity index (χ1n) is 7.15. The van der Waals surface area contributed by atoms with Crippen LogP contribution in [0.3, 0.4) is 0 Å². The number of rotatable bonds is 6. The highest BCUT2D eigenvalue weighted by Crippen LogP contribution is 2.18. The van der Waals surface area contributed by atoms with E-state index in [1.54, 1.807) is 51.1 Å². The SMILES string of the molecule is CC(C)(C)OC(=O)C(NC(=O)[C@@H](N)CC(=O)O)c1ccccc1. The van der Waals surface area contributed by atoms with Crippen molar-refractivity contribution in [2.24, 2.45) is 5.73 Å². The Morgan fingerprint density at radius 1 is 1.22 bits per heavy atom. The summed E-state index contributed by atoms with van der Waals surface area (Å²) in [6.45, 7) is 5.14. The largest absolute Gasteiger partial charge is 0.481 e. The second kappa shape index (κ2) is 7.73. The number of amides is 1. The first kappa shape index (κ1) is 18.6. The molecule has 126 valence electrons. The molecule has 1 rings (SSSR count). The molecule has 0 aliphatic heterocycles. The lowest BCUT2D eigenvalue weighted by atomic mass is 10.1. The van der Waals surface area contributed by atoms with Crippen molar-refractivity contribution in [3.8, 4) is 0 Å². The number of nitrogens with two attached hydrogens (primary N) is 1. The van der Waals surface area contributed by atoms with Crippen molar-refractivity contribution in [1.82, 2.24) is 5.32 Å². The summed E-state index contributed by atoms with van der Waals surface area (Å²) in [5, 5.41) is 11.2. The van der Waals surface area contributed by atoms with E-state index in [1.165, 1.54) is 0 Å². The molecule has 0 aliphatic rings. The number of benzene rings is 1. The molecule has 7 nitrogen and oxygen atoms in total. The predicted molar refractivity (Wildman–Crippen MR) is 83.4 cm³/mol. The van der Waals surface area contributed by atoms with Crippen LogP contribution in [0.1, 0.15) is 38.8 Å². The maximum Gasteiger partial charge on any atom is 0.333 e. The number of carbonyl (C=O) groups excluding carboxylic acids is 2. The summed E-state index contributed by atoms with van der Waals surface area (Å²) in [4.78, 5) is 35.0. The van der Waals surface area contributed by atoms with Crippen LogP contribution in [-0.4, -0.2) is 34.6 Å². The van der Waals surface area contributed by atoms with Gasteiger partial charge in [-0.05, 0) is 26.3 Å². The van der Waals surface area contributed by atoms with E-state index in [-0.39, 0.29) is 0 Å². The molecule has 0 bridgehead atoms. The van der Waals surface area contributed by atoms with Gasteiger partial charge in [0.2, 0.25) is 5.91 Å². The Balaban J connectivity index is 2.94. The minimum Gasteiger partial charge on any atom is -0.481 e. The number of carboxylic acid groups (broad SMARTS) is 1. The molecule has 23 heavy (non-hydrogen) atoms. The van der Waals surface area contributed by atoms with Crippen molar-refractivity contribution >= 4 is 17.8 Å². The van der Waals surface area contributed by atoms with Crippen LogP contribution in [0.5, 0.6) is 0 Å². The van der Waals surface area contributed by atoms with Gasteiger partial charge in [0.25, 0.3) is 0 Å². The summed E-state index contributed by atoms with van der Waals surface area (Å²) in [5.74, 6) is -2.56. The lowest BCUT2D eigenvalue weighted by Gasteiger charge is -2.25.